The molecule has 0 aliphatic rings. The average molecular weight is 339 g/mol. The predicted octanol–water partition coefficient (Wildman–Crippen LogP) is 4.71. The van der Waals surface area contributed by atoms with Crippen LogP contribution in [0.25, 0.3) is 5.52 Å². The van der Waals surface area contributed by atoms with E-state index in [2.05, 4.69) is 16.5 Å². The summed E-state index contributed by atoms with van der Waals surface area (Å²) in [7, 11) is 0. The third-order valence-corrected chi connectivity index (χ3v) is 4.44. The van der Waals surface area contributed by atoms with Crippen molar-refractivity contribution >= 4 is 22.9 Å². The lowest BCUT2D eigenvalue weighted by Crippen LogP contribution is -2.13. The van der Waals surface area contributed by atoms with E-state index in [1.54, 1.807) is 0 Å². The van der Waals surface area contributed by atoms with E-state index < -0.39 is 5.41 Å². The summed E-state index contributed by atoms with van der Waals surface area (Å²) < 4.78 is 1.82. The molecule has 122 valence electrons. The maximum Gasteiger partial charge on any atom is 0.128 e. The molecule has 0 amide bonds. The minimum Gasteiger partial charge on any atom is -0.366 e. The summed E-state index contributed by atoms with van der Waals surface area (Å²) in [5.41, 5.74) is 3.50. The van der Waals surface area contributed by atoms with E-state index in [0.29, 0.717) is 11.6 Å². The number of benzene rings is 1. The number of hydrogen-bond acceptors (Lipinski definition) is 3. The molecule has 3 aromatic rings. The highest BCUT2D eigenvalue weighted by molar-refractivity contribution is 6.33. The molecule has 0 unspecified atom stereocenters. The van der Waals surface area contributed by atoms with Gasteiger partial charge in [0, 0.05) is 6.54 Å². The summed E-state index contributed by atoms with van der Waals surface area (Å²) >= 11 is 6.22. The standard InChI is InChI=1S/C19H19ClN4/c1-13-10-17-16(20)8-9-18(24(17)23-13)22-11-14-4-6-15(7-5-14)19(2,3)12-21/h4-10,22H,11H2,1-3H3. The van der Waals surface area contributed by atoms with Crippen LogP contribution in [0.5, 0.6) is 0 Å². The molecular weight excluding hydrogens is 320 g/mol. The van der Waals surface area contributed by atoms with Crippen molar-refractivity contribution in [3.63, 3.8) is 0 Å². The summed E-state index contributed by atoms with van der Waals surface area (Å²) in [5.74, 6) is 0.893. The highest BCUT2D eigenvalue weighted by atomic mass is 35.5. The van der Waals surface area contributed by atoms with Crippen molar-refractivity contribution in [1.82, 2.24) is 9.61 Å². The number of fused-ring (bicyclic) bond motifs is 1. The van der Waals surface area contributed by atoms with E-state index in [4.69, 9.17) is 11.6 Å². The SMILES string of the molecule is Cc1cc2c(Cl)ccc(NCc3ccc(C(C)(C)C#N)cc3)n2n1. The highest BCUT2D eigenvalue weighted by Gasteiger charge is 2.19. The number of nitrogens with one attached hydrogen (secondary N) is 1. The second-order valence-electron chi connectivity index (χ2n) is 6.44. The summed E-state index contributed by atoms with van der Waals surface area (Å²) in [6.45, 7) is 6.46. The number of rotatable bonds is 4. The Morgan fingerprint density at radius 1 is 1.21 bits per heavy atom. The molecule has 3 rings (SSSR count). The molecule has 0 radical (unpaired) electrons. The number of halogens is 1. The van der Waals surface area contributed by atoms with Gasteiger partial charge in [0.15, 0.2) is 0 Å². The molecule has 0 fully saturated rings. The third-order valence-electron chi connectivity index (χ3n) is 4.12. The fourth-order valence-electron chi connectivity index (χ4n) is 2.59. The number of aromatic nitrogens is 2. The van der Waals surface area contributed by atoms with Gasteiger partial charge in [-0.15, -0.1) is 0 Å². The number of hydrogen-bond donors (Lipinski definition) is 1. The summed E-state index contributed by atoms with van der Waals surface area (Å²) in [6.07, 6.45) is 0. The van der Waals surface area contributed by atoms with Gasteiger partial charge in [0.05, 0.1) is 27.7 Å². The van der Waals surface area contributed by atoms with Gasteiger partial charge in [-0.05, 0) is 50.1 Å². The van der Waals surface area contributed by atoms with Gasteiger partial charge in [-0.25, -0.2) is 4.52 Å². The molecule has 1 aromatic carbocycles. The van der Waals surface area contributed by atoms with Gasteiger partial charge in [0.2, 0.25) is 0 Å². The molecule has 0 atom stereocenters. The van der Waals surface area contributed by atoms with Gasteiger partial charge in [-0.1, -0.05) is 35.9 Å². The molecule has 0 aliphatic carbocycles. The van der Waals surface area contributed by atoms with Gasteiger partial charge in [-0.3, -0.25) is 0 Å². The summed E-state index contributed by atoms with van der Waals surface area (Å²) in [6, 6.07) is 16.2. The number of pyridine rings is 1. The fourth-order valence-corrected chi connectivity index (χ4v) is 2.79. The van der Waals surface area contributed by atoms with Crippen molar-refractivity contribution in [1.29, 1.82) is 5.26 Å². The monoisotopic (exact) mass is 338 g/mol. The Morgan fingerprint density at radius 2 is 1.92 bits per heavy atom. The number of nitriles is 1. The maximum atomic E-state index is 9.21. The quantitative estimate of drug-likeness (QED) is 0.749. The predicted molar refractivity (Wildman–Crippen MR) is 97.3 cm³/mol. The molecule has 0 saturated heterocycles. The second-order valence-corrected chi connectivity index (χ2v) is 6.84. The van der Waals surface area contributed by atoms with Crippen molar-refractivity contribution in [3.05, 3.63) is 64.3 Å². The Labute approximate surface area is 146 Å². The van der Waals surface area contributed by atoms with E-state index in [9.17, 15) is 5.26 Å². The molecule has 4 nitrogen and oxygen atoms in total. The zero-order valence-electron chi connectivity index (χ0n) is 14.0. The van der Waals surface area contributed by atoms with Crippen LogP contribution in [0, 0.1) is 18.3 Å². The van der Waals surface area contributed by atoms with Crippen LogP contribution in [-0.4, -0.2) is 9.61 Å². The topological polar surface area (TPSA) is 53.1 Å². The fraction of sp³-hybridized carbons (Fsp3) is 0.263. The molecule has 2 heterocycles. The van der Waals surface area contributed by atoms with E-state index in [1.807, 2.05) is 67.8 Å². The van der Waals surface area contributed by atoms with Gasteiger partial charge in [0.1, 0.15) is 5.82 Å². The zero-order valence-corrected chi connectivity index (χ0v) is 14.7. The molecule has 0 saturated carbocycles. The van der Waals surface area contributed by atoms with Crippen molar-refractivity contribution in [2.24, 2.45) is 0 Å². The lowest BCUT2D eigenvalue weighted by Gasteiger charge is -2.16. The first-order chi connectivity index (χ1) is 11.4. The van der Waals surface area contributed by atoms with E-state index in [1.165, 1.54) is 0 Å². The first kappa shape index (κ1) is 16.4. The molecule has 0 aliphatic heterocycles. The van der Waals surface area contributed by atoms with Crippen LogP contribution in [0.2, 0.25) is 5.02 Å². The Kier molecular flexibility index (Phi) is 4.21. The molecule has 0 spiro atoms. The number of nitrogens with zero attached hydrogens (tertiary/aromatic N) is 3. The normalized spacial score (nSPS) is 11.5. The first-order valence-corrected chi connectivity index (χ1v) is 8.18. The molecular formula is C19H19ClN4. The van der Waals surface area contributed by atoms with Crippen molar-refractivity contribution in [3.8, 4) is 6.07 Å². The van der Waals surface area contributed by atoms with Crippen LogP contribution < -0.4 is 5.32 Å². The molecule has 2 aromatic heterocycles. The lowest BCUT2D eigenvalue weighted by atomic mass is 9.86. The van der Waals surface area contributed by atoms with Crippen LogP contribution in [0.3, 0.4) is 0 Å². The molecule has 1 N–H and O–H groups in total. The Morgan fingerprint density at radius 3 is 2.58 bits per heavy atom. The molecule has 5 heteroatoms. The zero-order chi connectivity index (χ0) is 17.3. The Balaban J connectivity index is 1.79. The van der Waals surface area contributed by atoms with E-state index >= 15 is 0 Å². The smallest absolute Gasteiger partial charge is 0.128 e. The largest absolute Gasteiger partial charge is 0.366 e. The first-order valence-electron chi connectivity index (χ1n) is 7.80. The van der Waals surface area contributed by atoms with Crippen molar-refractivity contribution < 1.29 is 0 Å². The van der Waals surface area contributed by atoms with E-state index in [0.717, 1.165) is 28.2 Å². The van der Waals surface area contributed by atoms with Gasteiger partial charge in [0.25, 0.3) is 0 Å². The maximum absolute atomic E-state index is 9.21. The van der Waals surface area contributed by atoms with Gasteiger partial charge < -0.3 is 5.32 Å². The Hall–Kier alpha value is -2.51. The van der Waals surface area contributed by atoms with Crippen molar-refractivity contribution in [2.75, 3.05) is 5.32 Å². The third kappa shape index (κ3) is 3.08. The van der Waals surface area contributed by atoms with Crippen molar-refractivity contribution in [2.45, 2.75) is 32.7 Å². The minimum absolute atomic E-state index is 0.471. The van der Waals surface area contributed by atoms with Crippen LogP contribution in [-0.2, 0) is 12.0 Å². The number of aryl methyl sites for hydroxylation is 1. The minimum atomic E-state index is -0.471. The van der Waals surface area contributed by atoms with Crippen LogP contribution in [0.1, 0.15) is 30.7 Å². The van der Waals surface area contributed by atoms with Crippen LogP contribution in [0.4, 0.5) is 5.82 Å². The summed E-state index contributed by atoms with van der Waals surface area (Å²) in [5, 5.41) is 17.8. The van der Waals surface area contributed by atoms with Crippen LogP contribution in [0.15, 0.2) is 42.5 Å². The molecule has 0 bridgehead atoms. The summed E-state index contributed by atoms with van der Waals surface area (Å²) in [4.78, 5) is 0. The van der Waals surface area contributed by atoms with E-state index in [-0.39, 0.29) is 0 Å². The lowest BCUT2D eigenvalue weighted by molar-refractivity contribution is 0.686. The average Bonchev–Trinajstić information content (AvgIpc) is 2.97. The number of anilines is 1. The van der Waals surface area contributed by atoms with Gasteiger partial charge in [-0.2, -0.15) is 10.4 Å². The Bertz CT molecular complexity index is 917. The second kappa shape index (κ2) is 6.18. The molecule has 24 heavy (non-hydrogen) atoms. The van der Waals surface area contributed by atoms with Crippen LogP contribution >= 0.6 is 11.6 Å². The van der Waals surface area contributed by atoms with Gasteiger partial charge >= 0.3 is 0 Å². The highest BCUT2D eigenvalue weighted by Crippen LogP contribution is 2.24.